The van der Waals surface area contributed by atoms with Gasteiger partial charge in [0.15, 0.2) is 17.3 Å². The highest BCUT2D eigenvalue weighted by Crippen LogP contribution is 2.48. The SMILES string of the molecule is O=C1CCCC[C@@]12CCCc1c(-c3nc(OS(=O)(=O)C(F)(F)F)c4c(n3)[C@@]3(CCOC3)COC4)noc12. The Morgan fingerprint density at radius 3 is 2.46 bits per heavy atom. The van der Waals surface area contributed by atoms with E-state index in [0.29, 0.717) is 62.1 Å². The van der Waals surface area contributed by atoms with E-state index in [-0.39, 0.29) is 42.7 Å². The van der Waals surface area contributed by atoms with E-state index in [0.717, 1.165) is 12.8 Å². The van der Waals surface area contributed by atoms with Crippen LogP contribution in [0.3, 0.4) is 0 Å². The van der Waals surface area contributed by atoms with Crippen LogP contribution in [0.1, 0.15) is 67.5 Å². The molecule has 1 saturated heterocycles. The van der Waals surface area contributed by atoms with E-state index in [4.69, 9.17) is 14.0 Å². The number of halogens is 3. The minimum Gasteiger partial charge on any atom is -0.380 e. The first-order valence-electron chi connectivity index (χ1n) is 12.2. The van der Waals surface area contributed by atoms with Crippen molar-refractivity contribution in [1.29, 1.82) is 0 Å². The van der Waals surface area contributed by atoms with Gasteiger partial charge in [-0.2, -0.15) is 26.6 Å². The smallest absolute Gasteiger partial charge is 0.380 e. The van der Waals surface area contributed by atoms with E-state index >= 15 is 0 Å². The molecule has 4 aliphatic rings. The molecular weight excluding hydrogens is 519 g/mol. The van der Waals surface area contributed by atoms with Crippen molar-refractivity contribution in [2.45, 2.75) is 74.3 Å². The Kier molecular flexibility index (Phi) is 5.66. The molecule has 200 valence electrons. The van der Waals surface area contributed by atoms with Gasteiger partial charge in [0.2, 0.25) is 5.88 Å². The number of rotatable bonds is 3. The van der Waals surface area contributed by atoms with E-state index in [1.165, 1.54) is 0 Å². The molecule has 0 aromatic carbocycles. The zero-order valence-corrected chi connectivity index (χ0v) is 20.5. The zero-order chi connectivity index (χ0) is 26.1. The normalized spacial score (nSPS) is 27.9. The number of hydrogen-bond donors (Lipinski definition) is 0. The topological polar surface area (TPSA) is 131 Å². The molecule has 0 bridgehead atoms. The minimum atomic E-state index is -6.02. The number of ketones is 1. The predicted octanol–water partition coefficient (Wildman–Crippen LogP) is 3.27. The predicted molar refractivity (Wildman–Crippen MR) is 118 cm³/mol. The largest absolute Gasteiger partial charge is 0.534 e. The van der Waals surface area contributed by atoms with E-state index < -0.39 is 32.3 Å². The number of carbonyl (C=O) groups is 1. The van der Waals surface area contributed by atoms with E-state index in [9.17, 15) is 26.4 Å². The van der Waals surface area contributed by atoms with Gasteiger partial charge in [-0.3, -0.25) is 4.79 Å². The molecule has 2 fully saturated rings. The van der Waals surface area contributed by atoms with Crippen molar-refractivity contribution in [1.82, 2.24) is 15.1 Å². The molecule has 2 spiro atoms. The average Bonchev–Trinajstić information content (AvgIpc) is 3.49. The highest BCUT2D eigenvalue weighted by Gasteiger charge is 2.52. The Labute approximate surface area is 210 Å². The molecule has 2 aliphatic heterocycles. The average molecular weight is 544 g/mol. The lowest BCUT2D eigenvalue weighted by Crippen LogP contribution is -2.41. The maximum Gasteiger partial charge on any atom is 0.534 e. The van der Waals surface area contributed by atoms with Crippen molar-refractivity contribution >= 4 is 15.9 Å². The Bertz CT molecular complexity index is 1370. The first kappa shape index (κ1) is 24.7. The molecule has 0 radical (unpaired) electrons. The lowest BCUT2D eigenvalue weighted by molar-refractivity contribution is -0.128. The molecule has 14 heteroatoms. The summed E-state index contributed by atoms with van der Waals surface area (Å²) in [7, 11) is -6.02. The van der Waals surface area contributed by atoms with Gasteiger partial charge in [-0.15, -0.1) is 0 Å². The molecule has 10 nitrogen and oxygen atoms in total. The molecular formula is C23H24F3N3O7S. The molecule has 0 unspecified atom stereocenters. The van der Waals surface area contributed by atoms with Gasteiger partial charge in [0.05, 0.1) is 41.9 Å². The first-order valence-corrected chi connectivity index (χ1v) is 13.6. The molecule has 0 N–H and O–H groups in total. The van der Waals surface area contributed by atoms with Crippen LogP contribution < -0.4 is 4.18 Å². The lowest BCUT2D eigenvalue weighted by atomic mass is 9.64. The summed E-state index contributed by atoms with van der Waals surface area (Å²) in [5, 5.41) is 4.16. The summed E-state index contributed by atoms with van der Waals surface area (Å²) in [6.45, 7) is 0.532. The number of fused-ring (bicyclic) bond motifs is 4. The third kappa shape index (κ3) is 3.78. The minimum absolute atomic E-state index is 0.0182. The number of hydrogen-bond acceptors (Lipinski definition) is 10. The Morgan fingerprint density at radius 1 is 0.946 bits per heavy atom. The number of aromatic nitrogens is 3. The molecule has 1 saturated carbocycles. The number of alkyl halides is 3. The standard InChI is InChI=1S/C23H24F3N3O7S/c24-23(25,26)37(31,32)36-20-14-10-34-12-21(8-9-33-11-21)17(14)27-19(28-20)16-13-4-3-7-22(18(13)35-29-16)6-2-1-5-15(22)30/h1-12H2/t21-,22-/m1/s1. The molecule has 0 amide bonds. The van der Waals surface area contributed by atoms with Crippen molar-refractivity contribution in [3.8, 4) is 17.4 Å². The lowest BCUT2D eigenvalue weighted by Gasteiger charge is -2.36. The van der Waals surface area contributed by atoms with Gasteiger partial charge in [-0.25, -0.2) is 4.98 Å². The van der Waals surface area contributed by atoms with Gasteiger partial charge >= 0.3 is 15.6 Å². The van der Waals surface area contributed by atoms with Crippen molar-refractivity contribution in [3.63, 3.8) is 0 Å². The third-order valence-electron chi connectivity index (χ3n) is 7.93. The van der Waals surface area contributed by atoms with Crippen LogP contribution >= 0.6 is 0 Å². The Morgan fingerprint density at radius 2 is 1.73 bits per heavy atom. The fraction of sp³-hybridized carbons (Fsp3) is 0.652. The maximum atomic E-state index is 13.2. The first-order chi connectivity index (χ1) is 17.6. The fourth-order valence-electron chi connectivity index (χ4n) is 6.05. The van der Waals surface area contributed by atoms with E-state index in [2.05, 4.69) is 19.3 Å². The second kappa shape index (κ2) is 8.46. The molecule has 2 aromatic rings. The van der Waals surface area contributed by atoms with Crippen LogP contribution in [0.25, 0.3) is 11.5 Å². The second-order valence-corrected chi connectivity index (χ2v) is 11.7. The van der Waals surface area contributed by atoms with Crippen LogP contribution in [0, 0.1) is 0 Å². The van der Waals surface area contributed by atoms with Crippen LogP contribution in [-0.4, -0.2) is 54.7 Å². The van der Waals surface area contributed by atoms with E-state index in [1.807, 2.05) is 0 Å². The third-order valence-corrected chi connectivity index (χ3v) is 8.87. The molecule has 4 heterocycles. The van der Waals surface area contributed by atoms with Gasteiger partial charge < -0.3 is 18.2 Å². The van der Waals surface area contributed by atoms with Crippen LogP contribution in [-0.2, 0) is 48.2 Å². The summed E-state index contributed by atoms with van der Waals surface area (Å²) in [4.78, 5) is 21.8. The van der Waals surface area contributed by atoms with Crippen LogP contribution in [0.15, 0.2) is 4.52 Å². The quantitative estimate of drug-likeness (QED) is 0.420. The summed E-state index contributed by atoms with van der Waals surface area (Å²) < 4.78 is 84.9. The monoisotopic (exact) mass is 543 g/mol. The summed E-state index contributed by atoms with van der Waals surface area (Å²) in [5.41, 5.74) is -6.11. The summed E-state index contributed by atoms with van der Waals surface area (Å²) in [6.07, 6.45) is 5.06. The van der Waals surface area contributed by atoms with Gasteiger partial charge in [0, 0.05) is 18.6 Å². The number of carbonyl (C=O) groups excluding carboxylic acids is 1. The molecule has 2 aliphatic carbocycles. The van der Waals surface area contributed by atoms with Crippen LogP contribution in [0.4, 0.5) is 13.2 Å². The Hall–Kier alpha value is -2.58. The van der Waals surface area contributed by atoms with Gasteiger partial charge in [0.1, 0.15) is 5.78 Å². The summed E-state index contributed by atoms with van der Waals surface area (Å²) in [5.74, 6) is -0.343. The highest BCUT2D eigenvalue weighted by atomic mass is 32.2. The number of nitrogens with zero attached hydrogens (tertiary/aromatic N) is 3. The molecule has 6 rings (SSSR count). The second-order valence-electron chi connectivity index (χ2n) is 10.1. The summed E-state index contributed by atoms with van der Waals surface area (Å²) >= 11 is 0. The fourth-order valence-corrected chi connectivity index (χ4v) is 6.49. The van der Waals surface area contributed by atoms with Crippen molar-refractivity contribution in [2.75, 3.05) is 19.8 Å². The van der Waals surface area contributed by atoms with Crippen molar-refractivity contribution in [3.05, 3.63) is 22.6 Å². The molecule has 2 aromatic heterocycles. The molecule has 37 heavy (non-hydrogen) atoms. The van der Waals surface area contributed by atoms with Crippen molar-refractivity contribution < 1.29 is 44.6 Å². The number of Topliss-reactive ketones (excluding diaryl/α,β-unsaturated/α-hetero) is 1. The summed E-state index contributed by atoms with van der Waals surface area (Å²) in [6, 6.07) is 0. The van der Waals surface area contributed by atoms with Crippen LogP contribution in [0.5, 0.6) is 5.88 Å². The van der Waals surface area contributed by atoms with Crippen molar-refractivity contribution in [2.24, 2.45) is 0 Å². The van der Waals surface area contributed by atoms with Gasteiger partial charge in [-0.1, -0.05) is 11.6 Å². The van der Waals surface area contributed by atoms with Crippen LogP contribution in [0.2, 0.25) is 0 Å². The van der Waals surface area contributed by atoms with Gasteiger partial charge in [0.25, 0.3) is 0 Å². The highest BCUT2D eigenvalue weighted by molar-refractivity contribution is 7.87. The molecule has 2 atom stereocenters. The van der Waals surface area contributed by atoms with Gasteiger partial charge in [-0.05, 0) is 38.5 Å². The number of ether oxygens (including phenoxy) is 2. The maximum absolute atomic E-state index is 13.2. The Balaban J connectivity index is 1.52. The van der Waals surface area contributed by atoms with E-state index in [1.54, 1.807) is 0 Å². The zero-order valence-electron chi connectivity index (χ0n) is 19.7.